The zero-order valence-electron chi connectivity index (χ0n) is 10.1. The van der Waals surface area contributed by atoms with Crippen molar-refractivity contribution in [2.75, 3.05) is 13.2 Å². The molecule has 0 radical (unpaired) electrons. The minimum absolute atomic E-state index is 0.0494. The van der Waals surface area contributed by atoms with Crippen molar-refractivity contribution in [1.82, 2.24) is 5.32 Å². The number of rotatable bonds is 5. The zero-order chi connectivity index (χ0) is 14.0. The maximum Gasteiger partial charge on any atom is 0.284 e. The average molecular weight is 329 g/mol. The van der Waals surface area contributed by atoms with Crippen molar-refractivity contribution in [2.24, 2.45) is 5.41 Å². The molecule has 1 fully saturated rings. The van der Waals surface area contributed by atoms with Gasteiger partial charge in [0, 0.05) is 23.6 Å². The summed E-state index contributed by atoms with van der Waals surface area (Å²) in [5, 5.41) is 22.6. The first kappa shape index (κ1) is 14.0. The first-order chi connectivity index (χ1) is 8.97. The summed E-state index contributed by atoms with van der Waals surface area (Å²) in [7, 11) is 0. The van der Waals surface area contributed by atoms with Crippen LogP contribution in [-0.2, 0) is 0 Å². The predicted octanol–water partition coefficient (Wildman–Crippen LogP) is 1.86. The van der Waals surface area contributed by atoms with Crippen LogP contribution in [0.4, 0.5) is 5.69 Å². The minimum Gasteiger partial charge on any atom is -0.396 e. The lowest BCUT2D eigenvalue weighted by molar-refractivity contribution is -0.385. The lowest BCUT2D eigenvalue weighted by Gasteiger charge is -2.12. The second-order valence-corrected chi connectivity index (χ2v) is 5.62. The van der Waals surface area contributed by atoms with Crippen LogP contribution in [0.5, 0.6) is 0 Å². The van der Waals surface area contributed by atoms with Crippen LogP contribution in [0.1, 0.15) is 23.2 Å². The van der Waals surface area contributed by atoms with Crippen molar-refractivity contribution in [3.8, 4) is 0 Å². The SMILES string of the molecule is O=C(NCC1(CO)CC1)c1ccc(Br)c([N+](=O)[O-])c1. The molecule has 0 unspecified atom stereocenters. The van der Waals surface area contributed by atoms with E-state index in [9.17, 15) is 14.9 Å². The molecule has 2 N–H and O–H groups in total. The van der Waals surface area contributed by atoms with Gasteiger partial charge in [-0.1, -0.05) is 0 Å². The molecule has 6 nitrogen and oxygen atoms in total. The molecule has 1 saturated carbocycles. The van der Waals surface area contributed by atoms with Gasteiger partial charge in [-0.15, -0.1) is 0 Å². The Morgan fingerprint density at radius 3 is 2.74 bits per heavy atom. The molecule has 1 aliphatic rings. The Morgan fingerprint density at radius 2 is 2.21 bits per heavy atom. The van der Waals surface area contributed by atoms with Crippen LogP contribution in [0.15, 0.2) is 22.7 Å². The molecule has 0 aliphatic heterocycles. The highest BCUT2D eigenvalue weighted by atomic mass is 79.9. The van der Waals surface area contributed by atoms with Gasteiger partial charge in [0.15, 0.2) is 0 Å². The maximum absolute atomic E-state index is 11.9. The van der Waals surface area contributed by atoms with Gasteiger partial charge in [0.05, 0.1) is 16.0 Å². The van der Waals surface area contributed by atoms with E-state index in [1.165, 1.54) is 18.2 Å². The van der Waals surface area contributed by atoms with E-state index >= 15 is 0 Å². The number of aliphatic hydroxyl groups is 1. The Morgan fingerprint density at radius 1 is 1.53 bits per heavy atom. The molecular weight excluding hydrogens is 316 g/mol. The van der Waals surface area contributed by atoms with Crippen molar-refractivity contribution < 1.29 is 14.8 Å². The Balaban J connectivity index is 2.07. The Labute approximate surface area is 118 Å². The summed E-state index contributed by atoms with van der Waals surface area (Å²) in [6.07, 6.45) is 1.79. The number of halogens is 1. The first-order valence-corrected chi connectivity index (χ1v) is 6.60. The van der Waals surface area contributed by atoms with Crippen molar-refractivity contribution >= 4 is 27.5 Å². The Kier molecular flexibility index (Phi) is 3.86. The minimum atomic E-state index is -0.545. The van der Waals surface area contributed by atoms with Crippen molar-refractivity contribution in [3.63, 3.8) is 0 Å². The quantitative estimate of drug-likeness (QED) is 0.637. The van der Waals surface area contributed by atoms with E-state index < -0.39 is 4.92 Å². The van der Waals surface area contributed by atoms with Gasteiger partial charge in [0.1, 0.15) is 0 Å². The predicted molar refractivity (Wildman–Crippen MR) is 71.9 cm³/mol. The van der Waals surface area contributed by atoms with E-state index in [4.69, 9.17) is 5.11 Å². The van der Waals surface area contributed by atoms with Crippen LogP contribution in [-0.4, -0.2) is 29.1 Å². The fourth-order valence-electron chi connectivity index (χ4n) is 1.73. The number of nitrogens with zero attached hydrogens (tertiary/aromatic N) is 1. The van der Waals surface area contributed by atoms with Crippen molar-refractivity contribution in [1.29, 1.82) is 0 Å². The highest BCUT2D eigenvalue weighted by molar-refractivity contribution is 9.10. The molecule has 1 amide bonds. The molecule has 1 aromatic carbocycles. The van der Waals surface area contributed by atoms with Crippen LogP contribution in [0.2, 0.25) is 0 Å². The van der Waals surface area contributed by atoms with Crippen LogP contribution < -0.4 is 5.32 Å². The second kappa shape index (κ2) is 5.26. The largest absolute Gasteiger partial charge is 0.396 e. The number of aliphatic hydroxyl groups excluding tert-OH is 1. The number of nitrogens with one attached hydrogen (secondary N) is 1. The molecule has 0 saturated heterocycles. The topological polar surface area (TPSA) is 92.5 Å². The third kappa shape index (κ3) is 3.10. The van der Waals surface area contributed by atoms with Crippen molar-refractivity contribution in [3.05, 3.63) is 38.3 Å². The Hall–Kier alpha value is -1.47. The number of nitro benzene ring substituents is 1. The molecule has 1 aromatic rings. The van der Waals surface area contributed by atoms with Gasteiger partial charge in [-0.2, -0.15) is 0 Å². The summed E-state index contributed by atoms with van der Waals surface area (Å²) < 4.78 is 0.336. The lowest BCUT2D eigenvalue weighted by Crippen LogP contribution is -2.31. The number of hydrogen-bond acceptors (Lipinski definition) is 4. The molecule has 19 heavy (non-hydrogen) atoms. The highest BCUT2D eigenvalue weighted by Gasteiger charge is 2.42. The van der Waals surface area contributed by atoms with Crippen LogP contribution in [0, 0.1) is 15.5 Å². The molecular formula is C12H13BrN2O4. The number of carbonyl (C=O) groups excluding carboxylic acids is 1. The van der Waals surface area contributed by atoms with E-state index in [2.05, 4.69) is 21.2 Å². The number of benzene rings is 1. The number of carbonyl (C=O) groups is 1. The normalized spacial score (nSPS) is 15.9. The fourth-order valence-corrected chi connectivity index (χ4v) is 2.12. The summed E-state index contributed by atoms with van der Waals surface area (Å²) in [5.74, 6) is -0.365. The third-order valence-corrected chi connectivity index (χ3v) is 3.99. The van der Waals surface area contributed by atoms with Crippen LogP contribution >= 0.6 is 15.9 Å². The van der Waals surface area contributed by atoms with E-state index in [0.717, 1.165) is 12.8 Å². The molecule has 102 valence electrons. The molecule has 0 aromatic heterocycles. The third-order valence-electron chi connectivity index (χ3n) is 3.32. The first-order valence-electron chi connectivity index (χ1n) is 5.80. The number of nitro groups is 1. The molecule has 0 atom stereocenters. The van der Waals surface area contributed by atoms with Crippen molar-refractivity contribution in [2.45, 2.75) is 12.8 Å². The Bertz CT molecular complexity index is 528. The molecule has 1 aliphatic carbocycles. The van der Waals surface area contributed by atoms with Crippen LogP contribution in [0.3, 0.4) is 0 Å². The van der Waals surface area contributed by atoms with Gasteiger partial charge in [0.25, 0.3) is 11.6 Å². The van der Waals surface area contributed by atoms with E-state index in [-0.39, 0.29) is 29.2 Å². The zero-order valence-corrected chi connectivity index (χ0v) is 11.6. The monoisotopic (exact) mass is 328 g/mol. The summed E-state index contributed by atoms with van der Waals surface area (Å²) >= 11 is 3.07. The second-order valence-electron chi connectivity index (χ2n) is 4.76. The highest BCUT2D eigenvalue weighted by Crippen LogP contribution is 2.44. The maximum atomic E-state index is 11.9. The van der Waals surface area contributed by atoms with Gasteiger partial charge in [-0.25, -0.2) is 0 Å². The van der Waals surface area contributed by atoms with Gasteiger partial charge in [-0.3, -0.25) is 14.9 Å². The summed E-state index contributed by atoms with van der Waals surface area (Å²) in [5.41, 5.74) is -0.0867. The lowest BCUT2D eigenvalue weighted by atomic mass is 10.1. The molecule has 0 heterocycles. The average Bonchev–Trinajstić information content (AvgIpc) is 3.17. The van der Waals surface area contributed by atoms with Crippen LogP contribution in [0.25, 0.3) is 0 Å². The van der Waals surface area contributed by atoms with Gasteiger partial charge < -0.3 is 10.4 Å². The molecule has 0 bridgehead atoms. The smallest absolute Gasteiger partial charge is 0.284 e. The van der Waals surface area contributed by atoms with E-state index in [1.54, 1.807) is 0 Å². The van der Waals surface area contributed by atoms with E-state index in [1.807, 2.05) is 0 Å². The van der Waals surface area contributed by atoms with Gasteiger partial charge >= 0.3 is 0 Å². The molecule has 0 spiro atoms. The van der Waals surface area contributed by atoms with Gasteiger partial charge in [0.2, 0.25) is 0 Å². The fraction of sp³-hybridized carbons (Fsp3) is 0.417. The summed E-state index contributed by atoms with van der Waals surface area (Å²) in [4.78, 5) is 22.1. The standard InChI is InChI=1S/C12H13BrN2O4/c13-9-2-1-8(5-10(9)15(18)19)11(17)14-6-12(7-16)3-4-12/h1-2,5,16H,3-4,6-7H2,(H,14,17). The summed E-state index contributed by atoms with van der Waals surface area (Å²) in [6.45, 7) is 0.444. The van der Waals surface area contributed by atoms with Gasteiger partial charge in [-0.05, 0) is 40.9 Å². The number of hydrogen-bond donors (Lipinski definition) is 2. The summed E-state index contributed by atoms with van der Waals surface area (Å²) in [6, 6.07) is 4.23. The van der Waals surface area contributed by atoms with E-state index in [0.29, 0.717) is 11.0 Å². The number of amides is 1. The molecule has 2 rings (SSSR count). The molecule has 7 heteroatoms.